The number of ether oxygens (including phenoxy) is 2. The van der Waals surface area contributed by atoms with Gasteiger partial charge >= 0.3 is 6.03 Å². The number of carbonyl (C=O) groups excluding carboxylic acids is 1. The molecule has 1 aliphatic rings. The zero-order chi connectivity index (χ0) is 18.5. The average molecular weight is 354 g/mol. The monoisotopic (exact) mass is 354 g/mol. The van der Waals surface area contributed by atoms with E-state index >= 15 is 0 Å². The Morgan fingerprint density at radius 3 is 2.38 bits per heavy atom. The lowest BCUT2D eigenvalue weighted by atomic mass is 9.96. The number of aryl methyl sites for hydroxylation is 1. The van der Waals surface area contributed by atoms with E-state index in [1.165, 1.54) is 0 Å². The van der Waals surface area contributed by atoms with Gasteiger partial charge in [-0.2, -0.15) is 0 Å². The van der Waals surface area contributed by atoms with Crippen LogP contribution >= 0.6 is 0 Å². The van der Waals surface area contributed by atoms with E-state index in [4.69, 9.17) is 9.47 Å². The molecule has 0 saturated carbocycles. The molecule has 0 aliphatic carbocycles. The van der Waals surface area contributed by atoms with Crippen LogP contribution in [0.1, 0.15) is 37.4 Å². The highest BCUT2D eigenvalue weighted by molar-refractivity contribution is 5.89. The summed E-state index contributed by atoms with van der Waals surface area (Å²) in [5, 5.41) is 5.96. The summed E-state index contributed by atoms with van der Waals surface area (Å²) >= 11 is 0. The number of nitrogens with one attached hydrogen (secondary N) is 2. The van der Waals surface area contributed by atoms with Gasteiger partial charge in [0.15, 0.2) is 11.5 Å². The summed E-state index contributed by atoms with van der Waals surface area (Å²) in [5.41, 5.74) is 2.93. The molecule has 26 heavy (non-hydrogen) atoms. The first kappa shape index (κ1) is 18.1. The molecule has 0 spiro atoms. The lowest BCUT2D eigenvalue weighted by Crippen LogP contribution is -2.35. The van der Waals surface area contributed by atoms with Crippen molar-refractivity contribution in [3.05, 3.63) is 53.6 Å². The highest BCUT2D eigenvalue weighted by atomic mass is 16.5. The summed E-state index contributed by atoms with van der Waals surface area (Å²) in [6.07, 6.45) is 0.870. The molecule has 0 aromatic heterocycles. The van der Waals surface area contributed by atoms with Crippen LogP contribution in [0.5, 0.6) is 11.5 Å². The van der Waals surface area contributed by atoms with Crippen LogP contribution < -0.4 is 20.1 Å². The lowest BCUT2D eigenvalue weighted by molar-refractivity contribution is 0.244. The number of fused-ring (bicyclic) bond motifs is 1. The van der Waals surface area contributed by atoms with Crippen molar-refractivity contribution in [2.24, 2.45) is 5.92 Å². The molecule has 0 unspecified atom stereocenters. The van der Waals surface area contributed by atoms with Gasteiger partial charge in [0.25, 0.3) is 0 Å². The van der Waals surface area contributed by atoms with Gasteiger partial charge in [-0.3, -0.25) is 0 Å². The molecule has 0 radical (unpaired) electrons. The van der Waals surface area contributed by atoms with Crippen molar-refractivity contribution >= 4 is 11.7 Å². The summed E-state index contributed by atoms with van der Waals surface area (Å²) in [4.78, 5) is 12.5. The Morgan fingerprint density at radius 2 is 1.69 bits per heavy atom. The standard InChI is InChI=1S/C21H26N2O3/c1-14(2)20(23-21(24)22-17-8-5-15(3)6-9-17)16-7-10-18-19(13-16)26-12-4-11-25-18/h5-10,13-14,20H,4,11-12H2,1-3H3,(H2,22,23,24)/t20-/m1/s1. The van der Waals surface area contributed by atoms with Gasteiger partial charge in [-0.25, -0.2) is 4.79 Å². The first-order chi connectivity index (χ1) is 12.5. The van der Waals surface area contributed by atoms with Gasteiger partial charge in [-0.1, -0.05) is 37.6 Å². The fourth-order valence-corrected chi connectivity index (χ4v) is 2.95. The first-order valence-corrected chi connectivity index (χ1v) is 9.06. The lowest BCUT2D eigenvalue weighted by Gasteiger charge is -2.24. The predicted molar refractivity (Wildman–Crippen MR) is 103 cm³/mol. The summed E-state index contributed by atoms with van der Waals surface area (Å²) in [6.45, 7) is 7.49. The predicted octanol–water partition coefficient (Wildman–Crippen LogP) is 4.68. The van der Waals surface area contributed by atoms with Gasteiger partial charge in [0.05, 0.1) is 19.3 Å². The van der Waals surface area contributed by atoms with Crippen molar-refractivity contribution in [1.29, 1.82) is 0 Å². The summed E-state index contributed by atoms with van der Waals surface area (Å²) in [5.74, 6) is 1.73. The number of urea groups is 1. The SMILES string of the molecule is Cc1ccc(NC(=O)N[C@@H](c2ccc3c(c2)OCCCO3)C(C)C)cc1. The minimum absolute atomic E-state index is 0.127. The molecule has 1 aliphatic heterocycles. The van der Waals surface area contributed by atoms with Gasteiger partial charge in [-0.05, 0) is 42.7 Å². The van der Waals surface area contributed by atoms with Gasteiger partial charge in [0, 0.05) is 12.1 Å². The molecule has 1 atom stereocenters. The maximum Gasteiger partial charge on any atom is 0.319 e. The third-order valence-electron chi connectivity index (χ3n) is 4.39. The van der Waals surface area contributed by atoms with Gasteiger partial charge in [-0.15, -0.1) is 0 Å². The van der Waals surface area contributed by atoms with Crippen molar-refractivity contribution in [2.45, 2.75) is 33.2 Å². The van der Waals surface area contributed by atoms with E-state index in [2.05, 4.69) is 24.5 Å². The van der Waals surface area contributed by atoms with E-state index < -0.39 is 0 Å². The Bertz CT molecular complexity index is 756. The Morgan fingerprint density at radius 1 is 1.00 bits per heavy atom. The molecule has 2 amide bonds. The maximum atomic E-state index is 12.5. The summed E-state index contributed by atoms with van der Waals surface area (Å²) in [6, 6.07) is 13.3. The van der Waals surface area contributed by atoms with Gasteiger partial charge in [0.1, 0.15) is 0 Å². The molecular weight excluding hydrogens is 328 g/mol. The smallest absolute Gasteiger partial charge is 0.319 e. The number of carbonyl (C=O) groups is 1. The minimum Gasteiger partial charge on any atom is -0.490 e. The first-order valence-electron chi connectivity index (χ1n) is 9.06. The van der Waals surface area contributed by atoms with E-state index in [9.17, 15) is 4.79 Å². The fraction of sp³-hybridized carbons (Fsp3) is 0.381. The molecule has 0 fully saturated rings. The molecule has 5 heteroatoms. The molecule has 2 aromatic rings. The Labute approximate surface area is 154 Å². The second kappa shape index (κ2) is 8.13. The molecule has 5 nitrogen and oxygen atoms in total. The molecule has 1 heterocycles. The van der Waals surface area contributed by atoms with Crippen molar-refractivity contribution in [1.82, 2.24) is 5.32 Å². The van der Waals surface area contributed by atoms with E-state index in [1.807, 2.05) is 49.4 Å². The van der Waals surface area contributed by atoms with Crippen molar-refractivity contribution in [3.8, 4) is 11.5 Å². The Balaban J connectivity index is 1.73. The molecule has 2 aromatic carbocycles. The van der Waals surface area contributed by atoms with E-state index in [0.717, 1.165) is 34.7 Å². The molecule has 138 valence electrons. The fourth-order valence-electron chi connectivity index (χ4n) is 2.95. The van der Waals surface area contributed by atoms with Crippen LogP contribution in [0.15, 0.2) is 42.5 Å². The van der Waals surface area contributed by atoms with Gasteiger partial charge in [0.2, 0.25) is 0 Å². The molecule has 2 N–H and O–H groups in total. The number of benzene rings is 2. The van der Waals surface area contributed by atoms with Crippen LogP contribution in [0.2, 0.25) is 0 Å². The van der Waals surface area contributed by atoms with Crippen molar-refractivity contribution < 1.29 is 14.3 Å². The van der Waals surface area contributed by atoms with E-state index in [1.54, 1.807) is 0 Å². The minimum atomic E-state index is -0.223. The zero-order valence-electron chi connectivity index (χ0n) is 15.5. The van der Waals surface area contributed by atoms with Crippen LogP contribution in [-0.2, 0) is 0 Å². The quantitative estimate of drug-likeness (QED) is 0.838. The van der Waals surface area contributed by atoms with Gasteiger partial charge < -0.3 is 20.1 Å². The third-order valence-corrected chi connectivity index (χ3v) is 4.39. The normalized spacial score (nSPS) is 14.5. The van der Waals surface area contributed by atoms with Crippen LogP contribution in [0, 0.1) is 12.8 Å². The van der Waals surface area contributed by atoms with Crippen LogP contribution in [0.25, 0.3) is 0 Å². The third kappa shape index (κ3) is 4.48. The van der Waals surface area contributed by atoms with E-state index in [0.29, 0.717) is 13.2 Å². The van der Waals surface area contributed by atoms with Crippen LogP contribution in [-0.4, -0.2) is 19.2 Å². The maximum absolute atomic E-state index is 12.5. The number of hydrogen-bond donors (Lipinski definition) is 2. The van der Waals surface area contributed by atoms with Crippen LogP contribution in [0.3, 0.4) is 0 Å². The van der Waals surface area contributed by atoms with E-state index in [-0.39, 0.29) is 18.0 Å². The second-order valence-corrected chi connectivity index (χ2v) is 6.94. The van der Waals surface area contributed by atoms with Crippen molar-refractivity contribution in [2.75, 3.05) is 18.5 Å². The largest absolute Gasteiger partial charge is 0.490 e. The molecular formula is C21H26N2O3. The molecule has 3 rings (SSSR count). The Kier molecular flexibility index (Phi) is 5.66. The zero-order valence-corrected chi connectivity index (χ0v) is 15.5. The number of hydrogen-bond acceptors (Lipinski definition) is 3. The van der Waals surface area contributed by atoms with Crippen molar-refractivity contribution in [3.63, 3.8) is 0 Å². The number of amides is 2. The topological polar surface area (TPSA) is 59.6 Å². The average Bonchev–Trinajstić information content (AvgIpc) is 2.86. The second-order valence-electron chi connectivity index (χ2n) is 6.94. The van der Waals surface area contributed by atoms with Crippen LogP contribution in [0.4, 0.5) is 10.5 Å². The highest BCUT2D eigenvalue weighted by Gasteiger charge is 2.21. The molecule has 0 saturated heterocycles. The molecule has 0 bridgehead atoms. The highest BCUT2D eigenvalue weighted by Crippen LogP contribution is 2.34. The number of rotatable bonds is 4. The summed E-state index contributed by atoms with van der Waals surface area (Å²) in [7, 11) is 0. The summed E-state index contributed by atoms with van der Waals surface area (Å²) < 4.78 is 11.5. The Hall–Kier alpha value is -2.69. The number of anilines is 1.